The second-order valence-corrected chi connectivity index (χ2v) is 3.32. The minimum atomic E-state index is -1.40. The third-order valence-corrected chi connectivity index (χ3v) is 2.29. The smallest absolute Gasteiger partial charge is 0.186 e. The van der Waals surface area contributed by atoms with Crippen LogP contribution in [0.25, 0.3) is 0 Å². The third-order valence-electron chi connectivity index (χ3n) is 2.29. The molecule has 1 N–H and O–H groups in total. The van der Waals surface area contributed by atoms with Gasteiger partial charge in [0.05, 0.1) is 0 Å². The summed E-state index contributed by atoms with van der Waals surface area (Å²) in [6, 6.07) is 6.36. The predicted octanol–water partition coefficient (Wildman–Crippen LogP) is 2.18. The quantitative estimate of drug-likeness (QED) is 0.817. The van der Waals surface area contributed by atoms with Crippen molar-refractivity contribution in [1.82, 2.24) is 9.55 Å². The number of para-hydroxylation sites is 1. The Balaban J connectivity index is 2.41. The van der Waals surface area contributed by atoms with E-state index >= 15 is 0 Å². The molecule has 0 radical (unpaired) electrons. The van der Waals surface area contributed by atoms with Gasteiger partial charge in [-0.1, -0.05) is 18.2 Å². The summed E-state index contributed by atoms with van der Waals surface area (Å²) < 4.78 is 15.6. The minimum absolute atomic E-state index is 0.0481. The summed E-state index contributed by atoms with van der Waals surface area (Å²) in [5.41, 5.74) is 0.242. The van der Waals surface area contributed by atoms with Crippen LogP contribution in [0.15, 0.2) is 36.7 Å². The van der Waals surface area contributed by atoms with Gasteiger partial charge in [0.15, 0.2) is 6.17 Å². The van der Waals surface area contributed by atoms with Gasteiger partial charge in [-0.05, 0) is 6.07 Å². The average Bonchev–Trinajstić information content (AvgIpc) is 2.64. The van der Waals surface area contributed by atoms with Crippen molar-refractivity contribution < 1.29 is 9.50 Å². The number of nitrogens with zero attached hydrogens (tertiary/aromatic N) is 2. The predicted molar refractivity (Wildman–Crippen MR) is 54.3 cm³/mol. The molecule has 0 amide bonds. The molecule has 0 aliphatic heterocycles. The van der Waals surface area contributed by atoms with Crippen molar-refractivity contribution in [3.63, 3.8) is 0 Å². The number of rotatable bonds is 2. The lowest BCUT2D eigenvalue weighted by Crippen LogP contribution is -2.03. The molecule has 1 heterocycles. The summed E-state index contributed by atoms with van der Waals surface area (Å²) in [5, 5.41) is 9.49. The van der Waals surface area contributed by atoms with E-state index in [1.54, 1.807) is 36.0 Å². The van der Waals surface area contributed by atoms with Gasteiger partial charge in [0.1, 0.15) is 11.6 Å². The molecule has 4 heteroatoms. The molecule has 0 bridgehead atoms. The van der Waals surface area contributed by atoms with Crippen LogP contribution >= 0.6 is 0 Å². The fraction of sp³-hybridized carbons (Fsp3) is 0.182. The number of hydrogen-bond acceptors (Lipinski definition) is 2. The number of alkyl halides is 1. The van der Waals surface area contributed by atoms with Crippen molar-refractivity contribution in [2.24, 2.45) is 7.05 Å². The van der Waals surface area contributed by atoms with Gasteiger partial charge < -0.3 is 9.67 Å². The summed E-state index contributed by atoms with van der Waals surface area (Å²) in [5.74, 6) is 0.240. The number of benzene rings is 1. The standard InChI is InChI=1S/C11H11FN2O/c1-14-7-6-13-11(14)10(12)8-4-2-3-5-9(8)15/h2-7,10,15H,1H3. The van der Waals surface area contributed by atoms with Gasteiger partial charge in [0.2, 0.25) is 0 Å². The first-order chi connectivity index (χ1) is 7.20. The number of aromatic hydroxyl groups is 1. The van der Waals surface area contributed by atoms with Crippen molar-refractivity contribution in [2.75, 3.05) is 0 Å². The fourth-order valence-electron chi connectivity index (χ4n) is 1.46. The molecule has 0 saturated carbocycles. The SMILES string of the molecule is Cn1ccnc1C(F)c1ccccc1O. The lowest BCUT2D eigenvalue weighted by Gasteiger charge is -2.09. The van der Waals surface area contributed by atoms with Crippen LogP contribution in [0.3, 0.4) is 0 Å². The second-order valence-electron chi connectivity index (χ2n) is 3.32. The summed E-state index contributed by atoms with van der Waals surface area (Å²) in [6.45, 7) is 0. The largest absolute Gasteiger partial charge is 0.508 e. The van der Waals surface area contributed by atoms with Crippen LogP contribution in [0.1, 0.15) is 17.6 Å². The Kier molecular flexibility index (Phi) is 2.41. The highest BCUT2D eigenvalue weighted by Gasteiger charge is 2.19. The molecule has 1 aromatic heterocycles. The van der Waals surface area contributed by atoms with Gasteiger partial charge in [-0.3, -0.25) is 0 Å². The lowest BCUT2D eigenvalue weighted by molar-refractivity contribution is 0.358. The van der Waals surface area contributed by atoms with E-state index in [1.165, 1.54) is 12.3 Å². The van der Waals surface area contributed by atoms with Gasteiger partial charge >= 0.3 is 0 Å². The first kappa shape index (κ1) is 9.71. The van der Waals surface area contributed by atoms with Crippen LogP contribution in [0.4, 0.5) is 4.39 Å². The average molecular weight is 206 g/mol. The normalized spacial score (nSPS) is 12.7. The zero-order valence-corrected chi connectivity index (χ0v) is 8.26. The Bertz CT molecular complexity index is 467. The molecule has 0 spiro atoms. The van der Waals surface area contributed by atoms with Crippen LogP contribution in [0, 0.1) is 0 Å². The molecule has 1 aromatic carbocycles. The molecule has 3 nitrogen and oxygen atoms in total. The molecule has 0 fully saturated rings. The van der Waals surface area contributed by atoms with Gasteiger partial charge in [-0.2, -0.15) is 0 Å². The van der Waals surface area contributed by atoms with E-state index in [-0.39, 0.29) is 17.1 Å². The Labute approximate surface area is 86.8 Å². The first-order valence-corrected chi connectivity index (χ1v) is 4.59. The highest BCUT2D eigenvalue weighted by Crippen LogP contribution is 2.30. The van der Waals surface area contributed by atoms with Crippen LogP contribution < -0.4 is 0 Å². The van der Waals surface area contributed by atoms with E-state index in [1.807, 2.05) is 0 Å². The molecule has 2 aromatic rings. The molecular weight excluding hydrogens is 195 g/mol. The van der Waals surface area contributed by atoms with Crippen molar-refractivity contribution >= 4 is 0 Å². The van der Waals surface area contributed by atoms with Crippen LogP contribution in [-0.4, -0.2) is 14.7 Å². The lowest BCUT2D eigenvalue weighted by atomic mass is 10.1. The maximum atomic E-state index is 14.0. The Hall–Kier alpha value is -1.84. The Morgan fingerprint density at radius 3 is 2.73 bits per heavy atom. The summed E-state index contributed by atoms with van der Waals surface area (Å²) in [4.78, 5) is 3.91. The van der Waals surface area contributed by atoms with Gasteiger partial charge in [-0.15, -0.1) is 0 Å². The molecule has 0 saturated heterocycles. The zero-order chi connectivity index (χ0) is 10.8. The number of aryl methyl sites for hydroxylation is 1. The Morgan fingerprint density at radius 2 is 2.13 bits per heavy atom. The highest BCUT2D eigenvalue weighted by molar-refractivity contribution is 5.36. The maximum absolute atomic E-state index is 14.0. The van der Waals surface area contributed by atoms with Gasteiger partial charge in [-0.25, -0.2) is 9.37 Å². The first-order valence-electron chi connectivity index (χ1n) is 4.59. The number of aromatic nitrogens is 2. The molecule has 78 valence electrons. The summed E-state index contributed by atoms with van der Waals surface area (Å²) in [6.07, 6.45) is 1.80. The number of phenolic OH excluding ortho intramolecular Hbond substituents is 1. The molecule has 1 unspecified atom stereocenters. The fourth-order valence-corrected chi connectivity index (χ4v) is 1.46. The minimum Gasteiger partial charge on any atom is -0.508 e. The van der Waals surface area contributed by atoms with E-state index < -0.39 is 6.17 Å². The Morgan fingerprint density at radius 1 is 1.40 bits per heavy atom. The van der Waals surface area contributed by atoms with Gasteiger partial charge in [0, 0.05) is 25.0 Å². The van der Waals surface area contributed by atoms with Crippen molar-refractivity contribution in [1.29, 1.82) is 0 Å². The number of imidazole rings is 1. The van der Waals surface area contributed by atoms with Gasteiger partial charge in [0.25, 0.3) is 0 Å². The van der Waals surface area contributed by atoms with Crippen LogP contribution in [0.5, 0.6) is 5.75 Å². The van der Waals surface area contributed by atoms with Crippen molar-refractivity contribution in [3.05, 3.63) is 48.0 Å². The summed E-state index contributed by atoms with van der Waals surface area (Å²) in [7, 11) is 1.72. The molecule has 0 aliphatic rings. The van der Waals surface area contributed by atoms with E-state index in [0.29, 0.717) is 0 Å². The number of phenols is 1. The van der Waals surface area contributed by atoms with Crippen LogP contribution in [0.2, 0.25) is 0 Å². The maximum Gasteiger partial charge on any atom is 0.186 e. The van der Waals surface area contributed by atoms with E-state index in [9.17, 15) is 9.50 Å². The van der Waals surface area contributed by atoms with Crippen molar-refractivity contribution in [2.45, 2.75) is 6.17 Å². The third kappa shape index (κ3) is 1.70. The number of hydrogen-bond donors (Lipinski definition) is 1. The van der Waals surface area contributed by atoms with E-state index in [0.717, 1.165) is 0 Å². The molecule has 1 atom stereocenters. The molecular formula is C11H11FN2O. The molecule has 2 rings (SSSR count). The second kappa shape index (κ2) is 3.73. The van der Waals surface area contributed by atoms with E-state index in [4.69, 9.17) is 0 Å². The highest BCUT2D eigenvalue weighted by atomic mass is 19.1. The zero-order valence-electron chi connectivity index (χ0n) is 8.26. The molecule has 15 heavy (non-hydrogen) atoms. The van der Waals surface area contributed by atoms with E-state index in [2.05, 4.69) is 4.98 Å². The topological polar surface area (TPSA) is 38.0 Å². The van der Waals surface area contributed by atoms with Crippen molar-refractivity contribution in [3.8, 4) is 5.75 Å². The van der Waals surface area contributed by atoms with Crippen LogP contribution in [-0.2, 0) is 7.05 Å². The molecule has 0 aliphatic carbocycles. The summed E-state index contributed by atoms with van der Waals surface area (Å²) >= 11 is 0. The number of halogens is 1. The monoisotopic (exact) mass is 206 g/mol.